The van der Waals surface area contributed by atoms with Gasteiger partial charge in [0, 0.05) is 28.1 Å². The van der Waals surface area contributed by atoms with Crippen LogP contribution in [0.3, 0.4) is 0 Å². The number of aromatic nitrogens is 3. The Labute approximate surface area is 206 Å². The van der Waals surface area contributed by atoms with Crippen LogP contribution in [-0.4, -0.2) is 28.0 Å². The number of ether oxygens (including phenoxy) is 1. The highest BCUT2D eigenvalue weighted by atomic mass is 79.9. The van der Waals surface area contributed by atoms with Crippen molar-refractivity contribution in [3.63, 3.8) is 0 Å². The first-order valence-electron chi connectivity index (χ1n) is 10.5. The molecule has 0 spiro atoms. The summed E-state index contributed by atoms with van der Waals surface area (Å²) in [6.45, 7) is 3.84. The molecule has 0 aliphatic carbocycles. The standard InChI is InChI=1S/C25H23BrN6O2/c1-15-10-11-27-22(12-15)32-24-14-23(28-16(2)29-24)30-17-4-6-18(7-5-17)31-25(33)20-13-19(34-3)8-9-21(20)26/h4-14H,1-3H3,(H,31,33)(H2,27,28,29,30,32). The fraction of sp³-hybridized carbons (Fsp3) is 0.120. The van der Waals surface area contributed by atoms with Gasteiger partial charge in [-0.15, -0.1) is 0 Å². The molecule has 0 radical (unpaired) electrons. The third-order valence-corrected chi connectivity index (χ3v) is 5.53. The van der Waals surface area contributed by atoms with Crippen LogP contribution in [0.1, 0.15) is 21.7 Å². The minimum absolute atomic E-state index is 0.238. The monoisotopic (exact) mass is 518 g/mol. The first-order chi connectivity index (χ1) is 16.4. The van der Waals surface area contributed by atoms with Gasteiger partial charge in [-0.1, -0.05) is 0 Å². The van der Waals surface area contributed by atoms with Gasteiger partial charge in [0.25, 0.3) is 5.91 Å². The number of amides is 1. The van der Waals surface area contributed by atoms with E-state index in [1.54, 1.807) is 31.5 Å². The number of nitrogens with one attached hydrogen (secondary N) is 3. The number of rotatable bonds is 7. The molecule has 8 nitrogen and oxygen atoms in total. The predicted octanol–water partition coefficient (Wildman–Crippen LogP) is 6.00. The van der Waals surface area contributed by atoms with Crippen molar-refractivity contribution in [1.29, 1.82) is 0 Å². The first kappa shape index (κ1) is 23.2. The smallest absolute Gasteiger partial charge is 0.256 e. The maximum Gasteiger partial charge on any atom is 0.256 e. The van der Waals surface area contributed by atoms with Crippen molar-refractivity contribution in [3.05, 3.63) is 88.3 Å². The van der Waals surface area contributed by atoms with E-state index in [1.807, 2.05) is 56.3 Å². The topological polar surface area (TPSA) is 101 Å². The van der Waals surface area contributed by atoms with Crippen molar-refractivity contribution in [3.8, 4) is 5.75 Å². The molecule has 172 valence electrons. The molecule has 1 amide bonds. The molecule has 2 aromatic carbocycles. The number of aryl methyl sites for hydroxylation is 2. The molecule has 2 heterocycles. The lowest BCUT2D eigenvalue weighted by Crippen LogP contribution is -2.12. The molecule has 2 aromatic heterocycles. The van der Waals surface area contributed by atoms with Gasteiger partial charge in [0.15, 0.2) is 0 Å². The van der Waals surface area contributed by atoms with Gasteiger partial charge in [-0.25, -0.2) is 15.0 Å². The highest BCUT2D eigenvalue weighted by Gasteiger charge is 2.12. The number of hydrogen-bond donors (Lipinski definition) is 3. The SMILES string of the molecule is COc1ccc(Br)c(C(=O)Nc2ccc(Nc3cc(Nc4cc(C)ccn4)nc(C)n3)cc2)c1. The van der Waals surface area contributed by atoms with E-state index in [9.17, 15) is 4.79 Å². The number of nitrogens with zero attached hydrogens (tertiary/aromatic N) is 3. The Kier molecular flexibility index (Phi) is 7.03. The van der Waals surface area contributed by atoms with Crippen LogP contribution < -0.4 is 20.7 Å². The number of methoxy groups -OCH3 is 1. The largest absolute Gasteiger partial charge is 0.497 e. The average Bonchev–Trinajstić information content (AvgIpc) is 2.80. The van der Waals surface area contributed by atoms with Crippen LogP contribution in [0.2, 0.25) is 0 Å². The number of anilines is 5. The summed E-state index contributed by atoms with van der Waals surface area (Å²) in [6, 6.07) is 18.3. The van der Waals surface area contributed by atoms with Gasteiger partial charge < -0.3 is 20.7 Å². The van der Waals surface area contributed by atoms with Gasteiger partial charge in [-0.3, -0.25) is 4.79 Å². The predicted molar refractivity (Wildman–Crippen MR) is 137 cm³/mol. The lowest BCUT2D eigenvalue weighted by atomic mass is 10.2. The van der Waals surface area contributed by atoms with Crippen molar-refractivity contribution in [2.24, 2.45) is 0 Å². The quantitative estimate of drug-likeness (QED) is 0.275. The molecule has 0 aliphatic heterocycles. The Bertz CT molecular complexity index is 1330. The van der Waals surface area contributed by atoms with E-state index in [4.69, 9.17) is 4.74 Å². The fourth-order valence-electron chi connectivity index (χ4n) is 3.22. The van der Waals surface area contributed by atoms with Crippen molar-refractivity contribution in [1.82, 2.24) is 15.0 Å². The Morgan fingerprint density at radius 1 is 0.853 bits per heavy atom. The molecule has 34 heavy (non-hydrogen) atoms. The summed E-state index contributed by atoms with van der Waals surface area (Å²) in [4.78, 5) is 25.9. The second kappa shape index (κ2) is 10.3. The molecule has 9 heteroatoms. The van der Waals surface area contributed by atoms with Crippen molar-refractivity contribution >= 4 is 50.7 Å². The molecule has 0 atom stereocenters. The lowest BCUT2D eigenvalue weighted by Gasteiger charge is -2.11. The van der Waals surface area contributed by atoms with E-state index < -0.39 is 0 Å². The molecule has 0 fully saturated rings. The number of hydrogen-bond acceptors (Lipinski definition) is 7. The van der Waals surface area contributed by atoms with Crippen LogP contribution in [-0.2, 0) is 0 Å². The number of carbonyl (C=O) groups excluding carboxylic acids is 1. The molecular weight excluding hydrogens is 496 g/mol. The Hall–Kier alpha value is -3.98. The van der Waals surface area contributed by atoms with E-state index in [2.05, 4.69) is 46.8 Å². The average molecular weight is 519 g/mol. The summed E-state index contributed by atoms with van der Waals surface area (Å²) in [5.74, 6) is 2.98. The van der Waals surface area contributed by atoms with Crippen molar-refractivity contribution < 1.29 is 9.53 Å². The maximum absolute atomic E-state index is 12.7. The second-order valence-electron chi connectivity index (χ2n) is 7.53. The zero-order valence-corrected chi connectivity index (χ0v) is 20.5. The zero-order chi connectivity index (χ0) is 24.1. The van der Waals surface area contributed by atoms with Crippen LogP contribution in [0.4, 0.5) is 28.8 Å². The fourth-order valence-corrected chi connectivity index (χ4v) is 3.65. The molecular formula is C25H23BrN6O2. The van der Waals surface area contributed by atoms with E-state index in [0.29, 0.717) is 44.8 Å². The van der Waals surface area contributed by atoms with Crippen LogP contribution in [0.25, 0.3) is 0 Å². The van der Waals surface area contributed by atoms with Crippen LogP contribution in [0.5, 0.6) is 5.75 Å². The summed E-state index contributed by atoms with van der Waals surface area (Å²) in [6.07, 6.45) is 1.75. The van der Waals surface area contributed by atoms with Gasteiger partial charge >= 0.3 is 0 Å². The van der Waals surface area contributed by atoms with Gasteiger partial charge in [-0.2, -0.15) is 0 Å². The molecule has 4 aromatic rings. The highest BCUT2D eigenvalue weighted by molar-refractivity contribution is 9.10. The van der Waals surface area contributed by atoms with Crippen molar-refractivity contribution in [2.45, 2.75) is 13.8 Å². The number of halogens is 1. The molecule has 0 saturated carbocycles. The summed E-state index contributed by atoms with van der Waals surface area (Å²) < 4.78 is 5.90. The van der Waals surface area contributed by atoms with E-state index in [-0.39, 0.29) is 5.91 Å². The van der Waals surface area contributed by atoms with Crippen LogP contribution in [0, 0.1) is 13.8 Å². The van der Waals surface area contributed by atoms with Crippen LogP contribution in [0.15, 0.2) is 71.3 Å². The highest BCUT2D eigenvalue weighted by Crippen LogP contribution is 2.25. The Morgan fingerprint density at radius 3 is 2.26 bits per heavy atom. The Morgan fingerprint density at radius 2 is 1.56 bits per heavy atom. The normalized spacial score (nSPS) is 10.5. The minimum atomic E-state index is -0.238. The molecule has 0 aliphatic rings. The summed E-state index contributed by atoms with van der Waals surface area (Å²) >= 11 is 3.41. The van der Waals surface area contributed by atoms with Gasteiger partial charge in [0.05, 0.1) is 12.7 Å². The summed E-state index contributed by atoms with van der Waals surface area (Å²) in [5, 5.41) is 9.38. The second-order valence-corrected chi connectivity index (χ2v) is 8.39. The molecule has 0 saturated heterocycles. The summed E-state index contributed by atoms with van der Waals surface area (Å²) in [7, 11) is 1.56. The van der Waals surface area contributed by atoms with Crippen molar-refractivity contribution in [2.75, 3.05) is 23.1 Å². The number of pyridine rings is 1. The van der Waals surface area contributed by atoms with Crippen LogP contribution >= 0.6 is 15.9 Å². The lowest BCUT2D eigenvalue weighted by molar-refractivity contribution is 0.102. The zero-order valence-electron chi connectivity index (χ0n) is 18.9. The van der Waals surface area contributed by atoms with E-state index in [1.165, 1.54) is 0 Å². The maximum atomic E-state index is 12.7. The van der Waals surface area contributed by atoms with Gasteiger partial charge in [0.2, 0.25) is 0 Å². The third-order valence-electron chi connectivity index (χ3n) is 4.84. The number of benzene rings is 2. The molecule has 3 N–H and O–H groups in total. The number of carbonyl (C=O) groups is 1. The minimum Gasteiger partial charge on any atom is -0.497 e. The Balaban J connectivity index is 1.44. The third kappa shape index (κ3) is 5.87. The first-order valence-corrected chi connectivity index (χ1v) is 11.3. The molecule has 0 unspecified atom stereocenters. The van der Waals surface area contributed by atoms with Gasteiger partial charge in [0.1, 0.15) is 29.0 Å². The molecule has 0 bridgehead atoms. The van der Waals surface area contributed by atoms with E-state index in [0.717, 1.165) is 11.3 Å². The summed E-state index contributed by atoms with van der Waals surface area (Å²) in [5.41, 5.74) is 3.07. The van der Waals surface area contributed by atoms with Gasteiger partial charge in [-0.05, 0) is 89.9 Å². The molecule has 4 rings (SSSR count). The van der Waals surface area contributed by atoms with E-state index >= 15 is 0 Å².